The van der Waals surface area contributed by atoms with E-state index < -0.39 is 0 Å². The topological polar surface area (TPSA) is 75.6 Å². The number of thioether (sulfide) groups is 1. The molecular weight excluding hydrogens is 757 g/mol. The van der Waals surface area contributed by atoms with Gasteiger partial charge in [-0.05, 0) is 137 Å². The van der Waals surface area contributed by atoms with Crippen LogP contribution in [0.1, 0.15) is 122 Å². The summed E-state index contributed by atoms with van der Waals surface area (Å²) in [7, 11) is 0. The minimum atomic E-state index is -0.256. The summed E-state index contributed by atoms with van der Waals surface area (Å²) in [5.41, 5.74) is 11.5. The maximum Gasteiger partial charge on any atom is 0.0891 e. The first kappa shape index (κ1) is 38.4. The van der Waals surface area contributed by atoms with Crippen molar-refractivity contribution in [3.05, 3.63) is 117 Å². The van der Waals surface area contributed by atoms with Gasteiger partial charge in [0.2, 0.25) is 0 Å². The zero-order chi connectivity index (χ0) is 39.7. The van der Waals surface area contributed by atoms with E-state index in [1.54, 1.807) is 10.5 Å². The van der Waals surface area contributed by atoms with Crippen molar-refractivity contribution in [3.8, 4) is 6.07 Å². The third-order valence-electron chi connectivity index (χ3n) is 16.5. The van der Waals surface area contributed by atoms with Crippen LogP contribution in [0.4, 0.5) is 0 Å². The highest BCUT2D eigenvalue weighted by atomic mass is 32.2. The number of nitriles is 1. The molecule has 4 aliphatic heterocycles. The van der Waals surface area contributed by atoms with Crippen molar-refractivity contribution in [2.45, 2.75) is 176 Å². The molecule has 12 aliphatic rings. The SMILES string of the molecule is N#CC1C=C(C2NC(C3=CCCCC3)NC(C3=C4C(CC=C3)OC3CC=CCC43)N2)C(N2C3=C(CCC=C3)SC3CCCCC32)=CC1N1C2=C(CCC=C2)C2CCCCC21. The van der Waals surface area contributed by atoms with Crippen LogP contribution in [-0.4, -0.2) is 63.9 Å². The first-order valence-electron chi connectivity index (χ1n) is 24.3. The van der Waals surface area contributed by atoms with Gasteiger partial charge in [-0.25, -0.2) is 0 Å². The zero-order valence-electron chi connectivity index (χ0n) is 35.4. The number of hydrogen-bond donors (Lipinski definition) is 3. The Bertz CT molecular complexity index is 2130. The second kappa shape index (κ2) is 16.1. The van der Waals surface area contributed by atoms with E-state index in [9.17, 15) is 5.26 Å². The molecule has 8 aliphatic carbocycles. The Morgan fingerprint density at radius 2 is 1.52 bits per heavy atom. The zero-order valence-corrected chi connectivity index (χ0v) is 36.2. The van der Waals surface area contributed by atoms with Gasteiger partial charge in [0.05, 0.1) is 54.4 Å². The molecule has 7 nitrogen and oxygen atoms in total. The lowest BCUT2D eigenvalue weighted by atomic mass is 9.79. The van der Waals surface area contributed by atoms with Gasteiger partial charge >= 0.3 is 0 Å². The molecule has 0 spiro atoms. The highest BCUT2D eigenvalue weighted by molar-refractivity contribution is 8.03. The Morgan fingerprint density at radius 3 is 2.42 bits per heavy atom. The van der Waals surface area contributed by atoms with Crippen LogP contribution in [0, 0.1) is 29.1 Å². The van der Waals surface area contributed by atoms with Crippen LogP contribution in [0.2, 0.25) is 0 Å². The number of nitrogens with zero attached hydrogens (tertiary/aromatic N) is 3. The molecule has 0 aromatic carbocycles. The van der Waals surface area contributed by atoms with Crippen LogP contribution in [0.15, 0.2) is 117 Å². The van der Waals surface area contributed by atoms with Crippen molar-refractivity contribution >= 4 is 11.8 Å². The van der Waals surface area contributed by atoms with E-state index in [1.165, 1.54) is 110 Å². The Morgan fingerprint density at radius 1 is 0.700 bits per heavy atom. The average molecular weight is 821 g/mol. The summed E-state index contributed by atoms with van der Waals surface area (Å²) < 4.78 is 6.81. The number of fused-ring (bicyclic) bond motifs is 6. The molecule has 0 aromatic rings. The van der Waals surface area contributed by atoms with Crippen molar-refractivity contribution in [3.63, 3.8) is 0 Å². The second-order valence-electron chi connectivity index (χ2n) is 19.7. The van der Waals surface area contributed by atoms with Crippen LogP contribution in [-0.2, 0) is 4.74 Å². The van der Waals surface area contributed by atoms with Crippen molar-refractivity contribution in [1.82, 2.24) is 25.8 Å². The molecule has 0 amide bonds. The maximum atomic E-state index is 11.4. The maximum absolute atomic E-state index is 11.4. The van der Waals surface area contributed by atoms with Crippen LogP contribution >= 0.6 is 11.8 Å². The van der Waals surface area contributed by atoms with Gasteiger partial charge in [0, 0.05) is 51.0 Å². The number of rotatable bonds is 5. The lowest BCUT2D eigenvalue weighted by Crippen LogP contribution is -2.69. The van der Waals surface area contributed by atoms with E-state index in [1.807, 2.05) is 0 Å². The van der Waals surface area contributed by atoms with Gasteiger partial charge in [-0.1, -0.05) is 74.3 Å². The lowest BCUT2D eigenvalue weighted by Gasteiger charge is -2.51. The summed E-state index contributed by atoms with van der Waals surface area (Å²) in [5.74, 6) is 0.809. The van der Waals surface area contributed by atoms with E-state index in [0.717, 1.165) is 51.4 Å². The van der Waals surface area contributed by atoms with E-state index in [2.05, 4.69) is 110 Å². The van der Waals surface area contributed by atoms with Gasteiger partial charge in [-0.2, -0.15) is 5.26 Å². The molecule has 2 saturated heterocycles. The molecule has 0 bridgehead atoms. The highest BCUT2D eigenvalue weighted by Gasteiger charge is 2.50. The fourth-order valence-corrected chi connectivity index (χ4v) is 15.4. The van der Waals surface area contributed by atoms with Crippen molar-refractivity contribution in [1.29, 1.82) is 5.26 Å². The van der Waals surface area contributed by atoms with E-state index in [0.29, 0.717) is 29.2 Å². The Hall–Kier alpha value is -3.32. The predicted octanol–water partition coefficient (Wildman–Crippen LogP) is 9.97. The molecule has 2 saturated carbocycles. The molecule has 12 atom stereocenters. The lowest BCUT2D eigenvalue weighted by molar-refractivity contribution is 0.0393. The molecule has 4 fully saturated rings. The molecule has 314 valence electrons. The largest absolute Gasteiger partial charge is 0.369 e. The predicted molar refractivity (Wildman–Crippen MR) is 242 cm³/mol. The quantitative estimate of drug-likeness (QED) is 0.237. The molecule has 3 N–H and O–H groups in total. The number of allylic oxidation sites excluding steroid dienone is 7. The monoisotopic (exact) mass is 820 g/mol. The van der Waals surface area contributed by atoms with Crippen molar-refractivity contribution in [2.75, 3.05) is 0 Å². The summed E-state index contributed by atoms with van der Waals surface area (Å²) in [4.78, 5) is 7.20. The van der Waals surface area contributed by atoms with Crippen molar-refractivity contribution < 1.29 is 4.74 Å². The summed E-state index contributed by atoms with van der Waals surface area (Å²) >= 11 is 2.20. The molecular formula is C52H64N6OS. The van der Waals surface area contributed by atoms with E-state index >= 15 is 0 Å². The number of nitrogens with one attached hydrogen (secondary N) is 3. The first-order valence-corrected chi connectivity index (χ1v) is 25.1. The highest BCUT2D eigenvalue weighted by Crippen LogP contribution is 2.53. The number of ether oxygens (including phenoxy) is 1. The van der Waals surface area contributed by atoms with Gasteiger partial charge in [0.25, 0.3) is 0 Å². The average Bonchev–Trinajstić information content (AvgIpc) is 3.86. The van der Waals surface area contributed by atoms with Gasteiger partial charge in [-0.15, -0.1) is 11.8 Å². The van der Waals surface area contributed by atoms with E-state index in [-0.39, 0.29) is 42.7 Å². The van der Waals surface area contributed by atoms with Crippen LogP contribution in [0.3, 0.4) is 0 Å². The first-order chi connectivity index (χ1) is 29.7. The van der Waals surface area contributed by atoms with Crippen LogP contribution in [0.5, 0.6) is 0 Å². The Balaban J connectivity index is 1.000. The summed E-state index contributed by atoms with van der Waals surface area (Å²) in [6.45, 7) is 0. The Kier molecular flexibility index (Phi) is 10.3. The molecule has 0 aromatic heterocycles. The molecule has 12 rings (SSSR count). The van der Waals surface area contributed by atoms with Crippen molar-refractivity contribution in [2.24, 2.45) is 17.8 Å². The Labute approximate surface area is 362 Å². The van der Waals surface area contributed by atoms with Gasteiger partial charge in [0.15, 0.2) is 0 Å². The smallest absolute Gasteiger partial charge is 0.0891 e. The molecule has 4 heterocycles. The molecule has 8 heteroatoms. The summed E-state index contributed by atoms with van der Waals surface area (Å²) in [5, 5.41) is 24.6. The fourth-order valence-electron chi connectivity index (χ4n) is 13.8. The minimum Gasteiger partial charge on any atom is -0.369 e. The fraction of sp³-hybridized carbons (Fsp3) is 0.596. The minimum absolute atomic E-state index is 0.00361. The van der Waals surface area contributed by atoms with Crippen LogP contribution < -0.4 is 16.0 Å². The van der Waals surface area contributed by atoms with Gasteiger partial charge in [-0.3, -0.25) is 16.0 Å². The molecule has 60 heavy (non-hydrogen) atoms. The number of hydrogen-bond acceptors (Lipinski definition) is 8. The molecule has 0 radical (unpaired) electrons. The third-order valence-corrected chi connectivity index (χ3v) is 18.0. The summed E-state index contributed by atoms with van der Waals surface area (Å²) in [6.07, 6.45) is 49.8. The van der Waals surface area contributed by atoms with E-state index in [4.69, 9.17) is 4.74 Å². The molecule has 12 unspecified atom stereocenters. The van der Waals surface area contributed by atoms with Gasteiger partial charge < -0.3 is 14.5 Å². The normalized spacial score (nSPS) is 40.8. The van der Waals surface area contributed by atoms with Gasteiger partial charge in [0.1, 0.15) is 0 Å². The second-order valence-corrected chi connectivity index (χ2v) is 21.1. The van der Waals surface area contributed by atoms with Crippen LogP contribution in [0.25, 0.3) is 0 Å². The third kappa shape index (κ3) is 6.50. The summed E-state index contributed by atoms with van der Waals surface area (Å²) in [6, 6.07) is 3.88. The standard InChI is InChI=1S/C52H64N6OS/c53-31-33-29-38(52-55-50(32-15-2-1-3-16-32)54-51(56-52)37-20-14-26-46-49(37)36-19-6-11-25-45(36)59-46)44(58-41-23-9-12-27-47(41)60-48-28-13-10-24-42(48)58)30-43(33)57-39-21-7-4-17-34(39)35-18-5-8-22-40(35)57/h6-7,9,11,14-15,20-21,23,29-30,33,35-36,40,42-43,45-46,48,50-52,54-56H,1-5,8,10,12-13,16-19,22,24-28H2.